The molecule has 0 fully saturated rings. The summed E-state index contributed by atoms with van der Waals surface area (Å²) in [6.07, 6.45) is 0.889. The molecule has 0 unspecified atom stereocenters. The van der Waals surface area contributed by atoms with Crippen molar-refractivity contribution in [1.29, 1.82) is 0 Å². The second-order valence-corrected chi connectivity index (χ2v) is 5.84. The minimum Gasteiger partial charge on any atom is -0.508 e. The van der Waals surface area contributed by atoms with Crippen molar-refractivity contribution in [3.05, 3.63) is 59.2 Å². The number of phenols is 1. The number of rotatable bonds is 7. The summed E-state index contributed by atoms with van der Waals surface area (Å²) in [7, 11) is 1.70. The summed E-state index contributed by atoms with van der Waals surface area (Å²) in [4.78, 5) is 4.58. The van der Waals surface area contributed by atoms with E-state index in [1.165, 1.54) is 5.56 Å². The van der Waals surface area contributed by atoms with Gasteiger partial charge in [0.25, 0.3) is 0 Å². The predicted molar refractivity (Wildman–Crippen MR) is 102 cm³/mol. The fourth-order valence-electron chi connectivity index (χ4n) is 2.46. The maximum atomic E-state index is 9.33. The summed E-state index contributed by atoms with van der Waals surface area (Å²) >= 11 is 0. The van der Waals surface area contributed by atoms with E-state index in [0.29, 0.717) is 6.54 Å². The summed E-state index contributed by atoms with van der Waals surface area (Å²) in [5.74, 6) is 1.98. The molecule has 0 heterocycles. The number of nitrogens with one attached hydrogen (secondary N) is 2. The average molecular weight is 341 g/mol. The van der Waals surface area contributed by atoms with Crippen LogP contribution in [0.5, 0.6) is 11.5 Å². The van der Waals surface area contributed by atoms with Crippen molar-refractivity contribution in [2.24, 2.45) is 4.99 Å². The smallest absolute Gasteiger partial charge is 0.191 e. The number of aliphatic imine (C=N–C) groups is 1. The largest absolute Gasteiger partial charge is 0.508 e. The molecule has 0 saturated carbocycles. The number of hydrogen-bond acceptors (Lipinski definition) is 3. The Morgan fingerprint density at radius 1 is 1.08 bits per heavy atom. The number of ether oxygens (including phenoxy) is 1. The van der Waals surface area contributed by atoms with E-state index in [1.807, 2.05) is 26.0 Å². The number of nitrogens with zero attached hydrogens (tertiary/aromatic N) is 1. The molecule has 2 aromatic carbocycles. The summed E-state index contributed by atoms with van der Waals surface area (Å²) in [6, 6.07) is 13.4. The fourth-order valence-corrected chi connectivity index (χ4v) is 2.46. The molecule has 0 spiro atoms. The SMILES string of the molecule is CCNC(=NCc1ccc(O)cc1)NCCc1ccc(C)c(OC)c1. The van der Waals surface area contributed by atoms with E-state index in [4.69, 9.17) is 4.74 Å². The lowest BCUT2D eigenvalue weighted by molar-refractivity contribution is 0.411. The molecular formula is C20H27N3O2. The molecule has 25 heavy (non-hydrogen) atoms. The van der Waals surface area contributed by atoms with Gasteiger partial charge in [-0.1, -0.05) is 24.3 Å². The molecule has 134 valence electrons. The minimum absolute atomic E-state index is 0.270. The fraction of sp³-hybridized carbons (Fsp3) is 0.350. The van der Waals surface area contributed by atoms with Gasteiger partial charge < -0.3 is 20.5 Å². The normalized spacial score (nSPS) is 11.2. The summed E-state index contributed by atoms with van der Waals surface area (Å²) < 4.78 is 5.37. The number of aromatic hydroxyl groups is 1. The third-order valence-corrected chi connectivity index (χ3v) is 3.88. The number of methoxy groups -OCH3 is 1. The summed E-state index contributed by atoms with van der Waals surface area (Å²) in [5, 5.41) is 15.9. The topological polar surface area (TPSA) is 65.9 Å². The van der Waals surface area contributed by atoms with E-state index >= 15 is 0 Å². The van der Waals surface area contributed by atoms with Crippen molar-refractivity contribution in [3.63, 3.8) is 0 Å². The Hall–Kier alpha value is -2.69. The van der Waals surface area contributed by atoms with Crippen LogP contribution in [0.15, 0.2) is 47.5 Å². The maximum absolute atomic E-state index is 9.33. The van der Waals surface area contributed by atoms with Crippen LogP contribution in [0.25, 0.3) is 0 Å². The van der Waals surface area contributed by atoms with E-state index in [0.717, 1.165) is 42.3 Å². The van der Waals surface area contributed by atoms with Crippen LogP contribution >= 0.6 is 0 Å². The van der Waals surface area contributed by atoms with Crippen LogP contribution in [-0.2, 0) is 13.0 Å². The van der Waals surface area contributed by atoms with Gasteiger partial charge in [0.2, 0.25) is 0 Å². The first kappa shape index (κ1) is 18.6. The molecule has 0 saturated heterocycles. The van der Waals surface area contributed by atoms with Crippen LogP contribution in [0, 0.1) is 6.92 Å². The Bertz CT molecular complexity index is 697. The van der Waals surface area contributed by atoms with Gasteiger partial charge in [0, 0.05) is 13.1 Å². The highest BCUT2D eigenvalue weighted by Crippen LogP contribution is 2.19. The molecule has 3 N–H and O–H groups in total. The molecule has 0 amide bonds. The molecule has 0 aliphatic carbocycles. The van der Waals surface area contributed by atoms with Gasteiger partial charge in [-0.3, -0.25) is 0 Å². The van der Waals surface area contributed by atoms with Crippen LogP contribution in [0.4, 0.5) is 0 Å². The molecular weight excluding hydrogens is 314 g/mol. The Balaban J connectivity index is 1.90. The molecule has 0 bridgehead atoms. The van der Waals surface area contributed by atoms with Crippen molar-refractivity contribution >= 4 is 5.96 Å². The number of aryl methyl sites for hydroxylation is 1. The first-order valence-electron chi connectivity index (χ1n) is 8.56. The minimum atomic E-state index is 0.270. The second-order valence-electron chi connectivity index (χ2n) is 5.84. The van der Waals surface area contributed by atoms with E-state index < -0.39 is 0 Å². The molecule has 0 aliphatic rings. The van der Waals surface area contributed by atoms with Gasteiger partial charge in [0.1, 0.15) is 11.5 Å². The summed E-state index contributed by atoms with van der Waals surface area (Å²) in [5.41, 5.74) is 3.42. The molecule has 0 aliphatic heterocycles. The highest BCUT2D eigenvalue weighted by atomic mass is 16.5. The van der Waals surface area contributed by atoms with Crippen LogP contribution in [-0.4, -0.2) is 31.3 Å². The number of guanidine groups is 1. The molecule has 0 atom stereocenters. The van der Waals surface area contributed by atoms with Gasteiger partial charge in [-0.05, 0) is 55.2 Å². The quantitative estimate of drug-likeness (QED) is 0.535. The van der Waals surface area contributed by atoms with Crippen molar-refractivity contribution in [2.45, 2.75) is 26.8 Å². The van der Waals surface area contributed by atoms with Gasteiger partial charge >= 0.3 is 0 Å². The highest BCUT2D eigenvalue weighted by Gasteiger charge is 2.02. The van der Waals surface area contributed by atoms with E-state index in [2.05, 4.69) is 33.8 Å². The standard InChI is InChI=1S/C20H27N3O2/c1-4-21-20(23-14-17-7-9-18(24)10-8-17)22-12-11-16-6-5-15(2)19(13-16)25-3/h5-10,13,24H,4,11-12,14H2,1-3H3,(H2,21,22,23). The van der Waals surface area contributed by atoms with E-state index in [9.17, 15) is 5.11 Å². The van der Waals surface area contributed by atoms with E-state index in [-0.39, 0.29) is 5.75 Å². The molecule has 0 aromatic heterocycles. The monoisotopic (exact) mass is 341 g/mol. The Kier molecular flexibility index (Phi) is 7.14. The average Bonchev–Trinajstić information content (AvgIpc) is 2.62. The van der Waals surface area contributed by atoms with E-state index in [1.54, 1.807) is 19.2 Å². The van der Waals surface area contributed by atoms with Gasteiger partial charge in [-0.25, -0.2) is 4.99 Å². The van der Waals surface area contributed by atoms with Gasteiger partial charge in [0.05, 0.1) is 13.7 Å². The molecule has 2 aromatic rings. The van der Waals surface area contributed by atoms with Crippen LogP contribution in [0.3, 0.4) is 0 Å². The third kappa shape index (κ3) is 6.03. The van der Waals surface area contributed by atoms with Crippen molar-refractivity contribution in [2.75, 3.05) is 20.2 Å². The van der Waals surface area contributed by atoms with Crippen LogP contribution in [0.1, 0.15) is 23.6 Å². The lowest BCUT2D eigenvalue weighted by Crippen LogP contribution is -2.38. The van der Waals surface area contributed by atoms with Crippen LogP contribution < -0.4 is 15.4 Å². The molecule has 5 heteroatoms. The van der Waals surface area contributed by atoms with Gasteiger partial charge in [0.15, 0.2) is 5.96 Å². The van der Waals surface area contributed by atoms with Crippen molar-refractivity contribution in [3.8, 4) is 11.5 Å². The van der Waals surface area contributed by atoms with Gasteiger partial charge in [-0.15, -0.1) is 0 Å². The van der Waals surface area contributed by atoms with Crippen molar-refractivity contribution < 1.29 is 9.84 Å². The molecule has 0 radical (unpaired) electrons. The first-order valence-corrected chi connectivity index (χ1v) is 8.56. The highest BCUT2D eigenvalue weighted by molar-refractivity contribution is 5.79. The number of hydrogen-bond donors (Lipinski definition) is 3. The third-order valence-electron chi connectivity index (χ3n) is 3.88. The number of benzene rings is 2. The van der Waals surface area contributed by atoms with Crippen LogP contribution in [0.2, 0.25) is 0 Å². The first-order chi connectivity index (χ1) is 12.1. The molecule has 5 nitrogen and oxygen atoms in total. The predicted octanol–water partition coefficient (Wildman–Crippen LogP) is 3.01. The Morgan fingerprint density at radius 2 is 1.80 bits per heavy atom. The lowest BCUT2D eigenvalue weighted by atomic mass is 10.1. The van der Waals surface area contributed by atoms with Gasteiger partial charge in [-0.2, -0.15) is 0 Å². The summed E-state index contributed by atoms with van der Waals surface area (Å²) in [6.45, 7) is 6.24. The maximum Gasteiger partial charge on any atom is 0.191 e. The zero-order chi connectivity index (χ0) is 18.1. The Labute approximate surface area is 149 Å². The lowest BCUT2D eigenvalue weighted by Gasteiger charge is -2.12. The van der Waals surface area contributed by atoms with Crippen molar-refractivity contribution in [1.82, 2.24) is 10.6 Å². The number of phenolic OH excluding ortho intramolecular Hbond substituents is 1. The Morgan fingerprint density at radius 3 is 2.48 bits per heavy atom. The zero-order valence-corrected chi connectivity index (χ0v) is 15.2. The second kappa shape index (κ2) is 9.57. The zero-order valence-electron chi connectivity index (χ0n) is 15.2. The molecule has 2 rings (SSSR count).